The first-order valence-corrected chi connectivity index (χ1v) is 8.68. The summed E-state index contributed by atoms with van der Waals surface area (Å²) in [6, 6.07) is 10.7. The summed E-state index contributed by atoms with van der Waals surface area (Å²) in [7, 11) is 1.95. The molecule has 2 heterocycles. The van der Waals surface area contributed by atoms with Crippen LogP contribution >= 0.6 is 12.4 Å². The molecule has 1 saturated heterocycles. The first-order chi connectivity index (χ1) is 12.7. The number of piperidine rings is 1. The molecule has 0 saturated carbocycles. The van der Waals surface area contributed by atoms with Gasteiger partial charge in [-0.05, 0) is 44.2 Å². The molecule has 2 aromatic rings. The number of nitrogens with zero attached hydrogens (tertiary/aromatic N) is 1. The van der Waals surface area contributed by atoms with Crippen molar-refractivity contribution in [2.45, 2.75) is 18.9 Å². The number of hydrogen-bond donors (Lipinski definition) is 2. The molecular weight excluding hydrogens is 370 g/mol. The molecule has 0 radical (unpaired) electrons. The Morgan fingerprint density at radius 1 is 1.22 bits per heavy atom. The normalized spacial score (nSPS) is 14.3. The predicted molar refractivity (Wildman–Crippen MR) is 105 cm³/mol. The SMILES string of the molecule is CNC1CCN(C(=O)COc2cccc(NC(=O)c3ccco3)c2)CC1.Cl. The van der Waals surface area contributed by atoms with Crippen molar-refractivity contribution >= 4 is 29.9 Å². The summed E-state index contributed by atoms with van der Waals surface area (Å²) < 4.78 is 10.7. The van der Waals surface area contributed by atoms with E-state index < -0.39 is 0 Å². The van der Waals surface area contributed by atoms with E-state index in [0.717, 1.165) is 25.9 Å². The molecule has 0 atom stereocenters. The van der Waals surface area contributed by atoms with Crippen LogP contribution in [0.3, 0.4) is 0 Å². The smallest absolute Gasteiger partial charge is 0.291 e. The van der Waals surface area contributed by atoms with E-state index in [1.807, 2.05) is 11.9 Å². The first-order valence-electron chi connectivity index (χ1n) is 8.68. The van der Waals surface area contributed by atoms with Crippen molar-refractivity contribution in [1.82, 2.24) is 10.2 Å². The minimum absolute atomic E-state index is 0. The number of carbonyl (C=O) groups excluding carboxylic acids is 2. The summed E-state index contributed by atoms with van der Waals surface area (Å²) in [4.78, 5) is 26.1. The molecule has 1 aromatic heterocycles. The predicted octanol–water partition coefficient (Wildman–Crippen LogP) is 2.54. The number of rotatable bonds is 6. The van der Waals surface area contributed by atoms with E-state index in [0.29, 0.717) is 17.5 Å². The van der Waals surface area contributed by atoms with Gasteiger partial charge in [0.15, 0.2) is 12.4 Å². The van der Waals surface area contributed by atoms with Crippen molar-refractivity contribution in [2.75, 3.05) is 32.1 Å². The highest BCUT2D eigenvalue weighted by atomic mass is 35.5. The number of ether oxygens (including phenoxy) is 1. The van der Waals surface area contributed by atoms with Gasteiger partial charge in [-0.1, -0.05) is 6.07 Å². The highest BCUT2D eigenvalue weighted by molar-refractivity contribution is 6.02. The second-order valence-electron chi connectivity index (χ2n) is 6.19. The van der Waals surface area contributed by atoms with Crippen LogP contribution in [0.4, 0.5) is 5.69 Å². The van der Waals surface area contributed by atoms with Crippen molar-refractivity contribution in [2.24, 2.45) is 0 Å². The maximum atomic E-state index is 12.3. The summed E-state index contributed by atoms with van der Waals surface area (Å²) >= 11 is 0. The Balaban J connectivity index is 0.00000261. The lowest BCUT2D eigenvalue weighted by atomic mass is 10.1. The number of furan rings is 1. The van der Waals surface area contributed by atoms with Gasteiger partial charge in [0.2, 0.25) is 0 Å². The van der Waals surface area contributed by atoms with Crippen LogP contribution in [-0.4, -0.2) is 49.5 Å². The second-order valence-corrected chi connectivity index (χ2v) is 6.19. The molecule has 8 heteroatoms. The van der Waals surface area contributed by atoms with Gasteiger partial charge in [-0.2, -0.15) is 0 Å². The molecule has 0 aliphatic carbocycles. The molecule has 0 unspecified atom stereocenters. The molecule has 1 aliphatic rings. The second kappa shape index (κ2) is 9.99. The fourth-order valence-corrected chi connectivity index (χ4v) is 2.92. The number of halogens is 1. The fraction of sp³-hybridized carbons (Fsp3) is 0.368. The maximum Gasteiger partial charge on any atom is 0.291 e. The molecule has 27 heavy (non-hydrogen) atoms. The zero-order valence-electron chi connectivity index (χ0n) is 15.1. The number of nitrogens with one attached hydrogen (secondary N) is 2. The molecule has 1 fully saturated rings. The summed E-state index contributed by atoms with van der Waals surface area (Å²) in [5.74, 6) is 0.400. The first kappa shape index (κ1) is 20.8. The Kier molecular flexibility index (Phi) is 7.69. The molecule has 1 aliphatic heterocycles. The van der Waals surface area contributed by atoms with E-state index >= 15 is 0 Å². The van der Waals surface area contributed by atoms with Crippen LogP contribution in [0, 0.1) is 0 Å². The number of carbonyl (C=O) groups is 2. The van der Waals surface area contributed by atoms with Gasteiger partial charge >= 0.3 is 0 Å². The number of likely N-dealkylation sites (tertiary alicyclic amines) is 1. The van der Waals surface area contributed by atoms with Crippen molar-refractivity contribution < 1.29 is 18.7 Å². The van der Waals surface area contributed by atoms with Crippen LogP contribution in [0.25, 0.3) is 0 Å². The van der Waals surface area contributed by atoms with Gasteiger partial charge in [-0.15, -0.1) is 12.4 Å². The Bertz CT molecular complexity index is 743. The van der Waals surface area contributed by atoms with Gasteiger partial charge in [0.05, 0.1) is 6.26 Å². The summed E-state index contributed by atoms with van der Waals surface area (Å²) in [5, 5.41) is 5.97. The fourth-order valence-electron chi connectivity index (χ4n) is 2.92. The van der Waals surface area contributed by atoms with E-state index in [-0.39, 0.29) is 36.6 Å². The minimum atomic E-state index is -0.337. The van der Waals surface area contributed by atoms with Crippen LogP contribution in [0.5, 0.6) is 5.75 Å². The van der Waals surface area contributed by atoms with Crippen LogP contribution in [0.1, 0.15) is 23.4 Å². The molecule has 3 rings (SSSR count). The summed E-state index contributed by atoms with van der Waals surface area (Å²) in [6.07, 6.45) is 3.35. The van der Waals surface area contributed by atoms with E-state index in [1.165, 1.54) is 6.26 Å². The average molecular weight is 394 g/mol. The number of benzene rings is 1. The monoisotopic (exact) mass is 393 g/mol. The molecule has 7 nitrogen and oxygen atoms in total. The molecule has 2 N–H and O–H groups in total. The van der Waals surface area contributed by atoms with Gasteiger partial charge in [-0.25, -0.2) is 0 Å². The zero-order chi connectivity index (χ0) is 18.4. The third kappa shape index (κ3) is 5.74. The van der Waals surface area contributed by atoms with Crippen LogP contribution in [0.15, 0.2) is 47.1 Å². The third-order valence-corrected chi connectivity index (χ3v) is 4.46. The quantitative estimate of drug-likeness (QED) is 0.788. The summed E-state index contributed by atoms with van der Waals surface area (Å²) in [5.41, 5.74) is 0.575. The minimum Gasteiger partial charge on any atom is -0.484 e. The standard InChI is InChI=1S/C19H23N3O4.ClH/c1-20-14-7-9-22(10-8-14)18(23)13-26-16-5-2-4-15(12-16)21-19(24)17-6-3-11-25-17;/h2-6,11-12,14,20H,7-10,13H2,1H3,(H,21,24);1H. The van der Waals surface area contributed by atoms with Crippen molar-refractivity contribution in [3.05, 3.63) is 48.4 Å². The lowest BCUT2D eigenvalue weighted by molar-refractivity contribution is -0.134. The highest BCUT2D eigenvalue weighted by Gasteiger charge is 2.21. The lowest BCUT2D eigenvalue weighted by Crippen LogP contribution is -2.45. The maximum absolute atomic E-state index is 12.3. The van der Waals surface area contributed by atoms with E-state index in [9.17, 15) is 9.59 Å². The van der Waals surface area contributed by atoms with Crippen molar-refractivity contribution in [3.63, 3.8) is 0 Å². The lowest BCUT2D eigenvalue weighted by Gasteiger charge is -2.31. The van der Waals surface area contributed by atoms with Crippen molar-refractivity contribution in [3.8, 4) is 5.75 Å². The van der Waals surface area contributed by atoms with Crippen LogP contribution in [0.2, 0.25) is 0 Å². The van der Waals surface area contributed by atoms with E-state index in [1.54, 1.807) is 36.4 Å². The molecule has 1 aromatic carbocycles. The molecule has 0 bridgehead atoms. The zero-order valence-corrected chi connectivity index (χ0v) is 16.0. The van der Waals surface area contributed by atoms with E-state index in [2.05, 4.69) is 10.6 Å². The van der Waals surface area contributed by atoms with Crippen LogP contribution in [-0.2, 0) is 4.79 Å². The van der Waals surface area contributed by atoms with Crippen LogP contribution < -0.4 is 15.4 Å². The van der Waals surface area contributed by atoms with Gasteiger partial charge in [0, 0.05) is 30.9 Å². The molecular formula is C19H24ClN3O4. The Morgan fingerprint density at radius 3 is 2.67 bits per heavy atom. The number of hydrogen-bond acceptors (Lipinski definition) is 5. The molecule has 146 valence electrons. The van der Waals surface area contributed by atoms with Gasteiger partial charge < -0.3 is 24.7 Å². The average Bonchev–Trinajstić information content (AvgIpc) is 3.21. The Labute approximate surface area is 164 Å². The van der Waals surface area contributed by atoms with Crippen molar-refractivity contribution in [1.29, 1.82) is 0 Å². The Morgan fingerprint density at radius 2 is 2.00 bits per heavy atom. The van der Waals surface area contributed by atoms with Gasteiger partial charge in [0.25, 0.3) is 11.8 Å². The van der Waals surface area contributed by atoms with E-state index in [4.69, 9.17) is 9.15 Å². The topological polar surface area (TPSA) is 83.8 Å². The highest BCUT2D eigenvalue weighted by Crippen LogP contribution is 2.19. The third-order valence-electron chi connectivity index (χ3n) is 4.46. The van der Waals surface area contributed by atoms with Gasteiger partial charge in [0.1, 0.15) is 5.75 Å². The molecule has 2 amide bonds. The largest absolute Gasteiger partial charge is 0.484 e. The molecule has 0 spiro atoms. The number of anilines is 1. The summed E-state index contributed by atoms with van der Waals surface area (Å²) in [6.45, 7) is 1.47. The number of amides is 2. The van der Waals surface area contributed by atoms with Gasteiger partial charge in [-0.3, -0.25) is 9.59 Å². The Hall–Kier alpha value is -2.51.